The molecule has 1 nitrogen and oxygen atoms in total. The standard InChI is InChI=1S/C15H24O/c1-6-11(2)12-10-13-14(3,4)8-7-9-15(13,5)16-12/h6,10,12H,7-9H2,1-5H3/b11-6+. The maximum Gasteiger partial charge on any atom is 0.0979 e. The second-order valence-corrected chi connectivity index (χ2v) is 6.12. The molecule has 1 heterocycles. The first-order chi connectivity index (χ1) is 7.39. The minimum Gasteiger partial charge on any atom is -0.359 e. The molecule has 0 saturated heterocycles. The number of ether oxygens (including phenoxy) is 1. The largest absolute Gasteiger partial charge is 0.359 e. The molecular weight excluding hydrogens is 196 g/mol. The second-order valence-electron chi connectivity index (χ2n) is 6.12. The number of allylic oxidation sites excluding steroid dienone is 1. The van der Waals surface area contributed by atoms with Crippen LogP contribution < -0.4 is 0 Å². The Balaban J connectivity index is 2.35. The van der Waals surface area contributed by atoms with E-state index in [-0.39, 0.29) is 11.7 Å². The van der Waals surface area contributed by atoms with E-state index in [9.17, 15) is 0 Å². The van der Waals surface area contributed by atoms with Gasteiger partial charge < -0.3 is 4.74 Å². The first-order valence-corrected chi connectivity index (χ1v) is 6.42. The van der Waals surface area contributed by atoms with E-state index in [2.05, 4.69) is 46.8 Å². The van der Waals surface area contributed by atoms with Crippen molar-refractivity contribution in [2.75, 3.05) is 0 Å². The fourth-order valence-corrected chi connectivity index (χ4v) is 3.23. The third-order valence-corrected chi connectivity index (χ3v) is 4.36. The third-order valence-electron chi connectivity index (χ3n) is 4.36. The Bertz CT molecular complexity index is 348. The monoisotopic (exact) mass is 220 g/mol. The van der Waals surface area contributed by atoms with Crippen molar-refractivity contribution in [1.29, 1.82) is 0 Å². The molecule has 1 heteroatoms. The SMILES string of the molecule is C/C=C(\C)C1C=C2C(C)(C)CCCC2(C)O1. The van der Waals surface area contributed by atoms with Crippen molar-refractivity contribution in [2.24, 2.45) is 5.41 Å². The van der Waals surface area contributed by atoms with Crippen LogP contribution in [-0.4, -0.2) is 11.7 Å². The van der Waals surface area contributed by atoms with Gasteiger partial charge in [0.05, 0.1) is 11.7 Å². The fourth-order valence-electron chi connectivity index (χ4n) is 3.23. The predicted octanol–water partition coefficient (Wildman–Crippen LogP) is 4.25. The molecular formula is C15H24O. The van der Waals surface area contributed by atoms with E-state index in [0.717, 1.165) is 0 Å². The number of hydrogen-bond acceptors (Lipinski definition) is 1. The van der Waals surface area contributed by atoms with Gasteiger partial charge in [-0.1, -0.05) is 19.9 Å². The lowest BCUT2D eigenvalue weighted by atomic mass is 9.67. The van der Waals surface area contributed by atoms with Crippen molar-refractivity contribution in [3.63, 3.8) is 0 Å². The molecule has 2 rings (SSSR count). The highest BCUT2D eigenvalue weighted by atomic mass is 16.5. The van der Waals surface area contributed by atoms with Crippen LogP contribution in [0.4, 0.5) is 0 Å². The van der Waals surface area contributed by atoms with Crippen LogP contribution >= 0.6 is 0 Å². The molecule has 1 fully saturated rings. The normalized spacial score (nSPS) is 38.2. The summed E-state index contributed by atoms with van der Waals surface area (Å²) in [5, 5.41) is 0. The summed E-state index contributed by atoms with van der Waals surface area (Å²) >= 11 is 0. The zero-order valence-corrected chi connectivity index (χ0v) is 11.3. The Morgan fingerprint density at radius 3 is 2.62 bits per heavy atom. The molecule has 0 aromatic carbocycles. The molecule has 90 valence electrons. The zero-order valence-electron chi connectivity index (χ0n) is 11.3. The highest BCUT2D eigenvalue weighted by molar-refractivity contribution is 5.34. The Morgan fingerprint density at radius 2 is 2.06 bits per heavy atom. The van der Waals surface area contributed by atoms with Crippen molar-refractivity contribution >= 4 is 0 Å². The van der Waals surface area contributed by atoms with Gasteiger partial charge in [-0.3, -0.25) is 0 Å². The quantitative estimate of drug-likeness (QED) is 0.600. The van der Waals surface area contributed by atoms with Gasteiger partial charge in [0.2, 0.25) is 0 Å². The van der Waals surface area contributed by atoms with Crippen molar-refractivity contribution in [3.05, 3.63) is 23.3 Å². The molecule has 0 spiro atoms. The van der Waals surface area contributed by atoms with E-state index >= 15 is 0 Å². The van der Waals surface area contributed by atoms with Gasteiger partial charge in [0.1, 0.15) is 0 Å². The van der Waals surface area contributed by atoms with Crippen LogP contribution in [0.1, 0.15) is 53.9 Å². The van der Waals surface area contributed by atoms with Crippen LogP contribution in [0.2, 0.25) is 0 Å². The van der Waals surface area contributed by atoms with Crippen LogP contribution in [0.5, 0.6) is 0 Å². The lowest BCUT2D eigenvalue weighted by Crippen LogP contribution is -2.39. The molecule has 1 saturated carbocycles. The average molecular weight is 220 g/mol. The van der Waals surface area contributed by atoms with E-state index in [1.54, 1.807) is 0 Å². The van der Waals surface area contributed by atoms with Gasteiger partial charge in [0.15, 0.2) is 0 Å². The third kappa shape index (κ3) is 1.75. The molecule has 16 heavy (non-hydrogen) atoms. The van der Waals surface area contributed by atoms with E-state index in [1.165, 1.54) is 30.4 Å². The van der Waals surface area contributed by atoms with Gasteiger partial charge in [-0.25, -0.2) is 0 Å². The minimum absolute atomic E-state index is 0.00329. The van der Waals surface area contributed by atoms with Crippen molar-refractivity contribution in [3.8, 4) is 0 Å². The molecule has 0 N–H and O–H groups in total. The van der Waals surface area contributed by atoms with Gasteiger partial charge in [0, 0.05) is 0 Å². The summed E-state index contributed by atoms with van der Waals surface area (Å²) in [4.78, 5) is 0. The van der Waals surface area contributed by atoms with Crippen LogP contribution in [0.15, 0.2) is 23.3 Å². The van der Waals surface area contributed by atoms with Crippen LogP contribution in [0.25, 0.3) is 0 Å². The Hall–Kier alpha value is -0.560. The summed E-state index contributed by atoms with van der Waals surface area (Å²) in [7, 11) is 0. The van der Waals surface area contributed by atoms with E-state index in [4.69, 9.17) is 4.74 Å². The van der Waals surface area contributed by atoms with Gasteiger partial charge in [-0.2, -0.15) is 0 Å². The summed E-state index contributed by atoms with van der Waals surface area (Å²) in [5.74, 6) is 0. The molecule has 0 bridgehead atoms. The number of fused-ring (bicyclic) bond motifs is 1. The first-order valence-electron chi connectivity index (χ1n) is 6.42. The van der Waals surface area contributed by atoms with Crippen molar-refractivity contribution in [2.45, 2.75) is 65.6 Å². The number of rotatable bonds is 1. The Morgan fingerprint density at radius 1 is 1.38 bits per heavy atom. The average Bonchev–Trinajstić information content (AvgIpc) is 2.56. The molecule has 0 amide bonds. The summed E-state index contributed by atoms with van der Waals surface area (Å²) < 4.78 is 6.28. The van der Waals surface area contributed by atoms with Crippen LogP contribution in [-0.2, 0) is 4.74 Å². The topological polar surface area (TPSA) is 9.23 Å². The molecule has 0 radical (unpaired) electrons. The maximum atomic E-state index is 6.28. The lowest BCUT2D eigenvalue weighted by Gasteiger charge is -2.42. The van der Waals surface area contributed by atoms with Gasteiger partial charge in [0.25, 0.3) is 0 Å². The van der Waals surface area contributed by atoms with Crippen LogP contribution in [0.3, 0.4) is 0 Å². The van der Waals surface area contributed by atoms with E-state index < -0.39 is 0 Å². The molecule has 0 aromatic rings. The molecule has 1 aliphatic carbocycles. The first kappa shape index (κ1) is 11.9. The fraction of sp³-hybridized carbons (Fsp3) is 0.733. The van der Waals surface area contributed by atoms with E-state index in [1.807, 2.05) is 0 Å². The van der Waals surface area contributed by atoms with Gasteiger partial charge >= 0.3 is 0 Å². The van der Waals surface area contributed by atoms with Crippen LogP contribution in [0, 0.1) is 5.41 Å². The smallest absolute Gasteiger partial charge is 0.0979 e. The van der Waals surface area contributed by atoms with Crippen molar-refractivity contribution < 1.29 is 4.74 Å². The second kappa shape index (κ2) is 3.73. The highest BCUT2D eigenvalue weighted by Crippen LogP contribution is 2.51. The Kier molecular flexibility index (Phi) is 2.78. The van der Waals surface area contributed by atoms with Crippen molar-refractivity contribution in [1.82, 2.24) is 0 Å². The summed E-state index contributed by atoms with van der Waals surface area (Å²) in [6.07, 6.45) is 8.49. The molecule has 2 aliphatic rings. The molecule has 0 aromatic heterocycles. The molecule has 1 aliphatic heterocycles. The predicted molar refractivity (Wildman–Crippen MR) is 68.4 cm³/mol. The Labute approximate surface area is 99.6 Å². The highest BCUT2D eigenvalue weighted by Gasteiger charge is 2.47. The summed E-state index contributed by atoms with van der Waals surface area (Å²) in [5.41, 5.74) is 3.17. The molecule has 2 atom stereocenters. The van der Waals surface area contributed by atoms with Gasteiger partial charge in [-0.05, 0) is 62.7 Å². The molecule has 2 unspecified atom stereocenters. The minimum atomic E-state index is -0.00329. The van der Waals surface area contributed by atoms with E-state index in [0.29, 0.717) is 5.41 Å². The zero-order chi connectivity index (χ0) is 12.0. The number of hydrogen-bond donors (Lipinski definition) is 0. The van der Waals surface area contributed by atoms with Gasteiger partial charge in [-0.15, -0.1) is 0 Å². The summed E-state index contributed by atoms with van der Waals surface area (Å²) in [6, 6.07) is 0. The maximum absolute atomic E-state index is 6.28. The summed E-state index contributed by atoms with van der Waals surface area (Å²) in [6.45, 7) is 11.2. The lowest BCUT2D eigenvalue weighted by molar-refractivity contribution is -0.0308.